The van der Waals surface area contributed by atoms with Gasteiger partial charge < -0.3 is 5.32 Å². The van der Waals surface area contributed by atoms with Crippen LogP contribution in [0.25, 0.3) is 0 Å². The monoisotopic (exact) mass is 194 g/mol. The molecule has 0 aromatic carbocycles. The fourth-order valence-electron chi connectivity index (χ4n) is 2.58. The quantitative estimate of drug-likeness (QED) is 0.680. The highest BCUT2D eigenvalue weighted by Crippen LogP contribution is 2.25. The molecule has 0 aromatic rings. The van der Waals surface area contributed by atoms with Crippen molar-refractivity contribution >= 4 is 6.21 Å². The molecule has 0 aliphatic carbocycles. The summed E-state index contributed by atoms with van der Waals surface area (Å²) in [5, 5.41) is 3.61. The molecule has 0 radical (unpaired) electrons. The number of hydrogen-bond donors (Lipinski definition) is 1. The zero-order valence-electron chi connectivity index (χ0n) is 9.37. The van der Waals surface area contributed by atoms with E-state index in [1.54, 1.807) is 0 Å². The number of hydrogen-bond acceptors (Lipinski definition) is 2. The number of aliphatic imine (C=N–C) groups is 1. The second-order valence-electron chi connectivity index (χ2n) is 5.05. The van der Waals surface area contributed by atoms with Crippen LogP contribution in [0.5, 0.6) is 0 Å². The minimum atomic E-state index is 0.576. The van der Waals surface area contributed by atoms with Gasteiger partial charge in [0.2, 0.25) is 0 Å². The molecule has 14 heavy (non-hydrogen) atoms. The van der Waals surface area contributed by atoms with Crippen LogP contribution in [0.4, 0.5) is 0 Å². The average molecular weight is 194 g/mol. The molecule has 3 atom stereocenters. The van der Waals surface area contributed by atoms with Gasteiger partial charge in [0.25, 0.3) is 0 Å². The van der Waals surface area contributed by atoms with Crippen molar-refractivity contribution in [2.75, 3.05) is 6.54 Å². The number of nitrogens with zero attached hydrogens (tertiary/aromatic N) is 1. The molecule has 0 aromatic heterocycles. The summed E-state index contributed by atoms with van der Waals surface area (Å²) in [6.07, 6.45) is 7.45. The Hall–Kier alpha value is -0.370. The lowest BCUT2D eigenvalue weighted by atomic mass is 9.89. The molecule has 1 saturated heterocycles. The topological polar surface area (TPSA) is 24.4 Å². The summed E-state index contributed by atoms with van der Waals surface area (Å²) in [5.74, 6) is 1.46. The van der Waals surface area contributed by atoms with Gasteiger partial charge in [-0.1, -0.05) is 13.8 Å². The maximum atomic E-state index is 4.76. The Labute approximate surface area is 87.2 Å². The van der Waals surface area contributed by atoms with Crippen molar-refractivity contribution < 1.29 is 0 Å². The Balaban J connectivity index is 2.01. The van der Waals surface area contributed by atoms with Gasteiger partial charge in [0.05, 0.1) is 6.04 Å². The summed E-state index contributed by atoms with van der Waals surface area (Å²) in [5.41, 5.74) is 0. The van der Waals surface area contributed by atoms with Crippen LogP contribution in [0.2, 0.25) is 0 Å². The number of fused-ring (bicyclic) bond motifs is 1. The molecule has 80 valence electrons. The SMILES string of the molecule is CC(C)C1C=NC2CCCNC2CC1. The molecule has 0 bridgehead atoms. The van der Waals surface area contributed by atoms with Crippen molar-refractivity contribution in [3.05, 3.63) is 0 Å². The molecule has 2 heterocycles. The molecule has 2 aliphatic heterocycles. The van der Waals surface area contributed by atoms with Gasteiger partial charge in [0, 0.05) is 12.3 Å². The largest absolute Gasteiger partial charge is 0.312 e. The van der Waals surface area contributed by atoms with E-state index in [0.717, 1.165) is 5.92 Å². The Morgan fingerprint density at radius 1 is 1.29 bits per heavy atom. The maximum Gasteiger partial charge on any atom is 0.0649 e. The lowest BCUT2D eigenvalue weighted by molar-refractivity contribution is 0.326. The lowest BCUT2D eigenvalue weighted by Crippen LogP contribution is -2.43. The molecule has 1 fully saturated rings. The summed E-state index contributed by atoms with van der Waals surface area (Å²) in [6, 6.07) is 1.25. The molecule has 3 unspecified atom stereocenters. The van der Waals surface area contributed by atoms with Crippen LogP contribution in [0.1, 0.15) is 39.5 Å². The summed E-state index contributed by atoms with van der Waals surface area (Å²) in [4.78, 5) is 4.76. The van der Waals surface area contributed by atoms with Crippen molar-refractivity contribution in [1.29, 1.82) is 0 Å². The third kappa shape index (κ3) is 2.17. The van der Waals surface area contributed by atoms with Gasteiger partial charge in [-0.2, -0.15) is 0 Å². The highest BCUT2D eigenvalue weighted by molar-refractivity contribution is 5.61. The second-order valence-corrected chi connectivity index (χ2v) is 5.05. The normalized spacial score (nSPS) is 38.1. The molecule has 0 saturated carbocycles. The van der Waals surface area contributed by atoms with Crippen molar-refractivity contribution in [2.45, 2.75) is 51.6 Å². The van der Waals surface area contributed by atoms with E-state index in [-0.39, 0.29) is 0 Å². The van der Waals surface area contributed by atoms with Crippen LogP contribution in [0.3, 0.4) is 0 Å². The average Bonchev–Trinajstić information content (AvgIpc) is 2.39. The van der Waals surface area contributed by atoms with E-state index >= 15 is 0 Å². The minimum Gasteiger partial charge on any atom is -0.312 e. The van der Waals surface area contributed by atoms with Crippen molar-refractivity contribution in [3.63, 3.8) is 0 Å². The molecule has 2 aliphatic rings. The Kier molecular flexibility index (Phi) is 3.22. The molecular formula is C12H22N2. The van der Waals surface area contributed by atoms with Crippen molar-refractivity contribution in [1.82, 2.24) is 5.32 Å². The first-order chi connectivity index (χ1) is 6.77. The minimum absolute atomic E-state index is 0.576. The van der Waals surface area contributed by atoms with Gasteiger partial charge in [0.1, 0.15) is 0 Å². The second kappa shape index (κ2) is 4.43. The molecule has 0 amide bonds. The van der Waals surface area contributed by atoms with E-state index in [4.69, 9.17) is 4.99 Å². The fourth-order valence-corrected chi connectivity index (χ4v) is 2.58. The number of rotatable bonds is 1. The zero-order valence-corrected chi connectivity index (χ0v) is 9.37. The summed E-state index contributed by atoms with van der Waals surface area (Å²) in [7, 11) is 0. The standard InChI is InChI=1S/C12H22N2/c1-9(2)10-5-6-12-11(14-8-10)4-3-7-13-12/h8-13H,3-7H2,1-2H3. The van der Waals surface area contributed by atoms with Crippen LogP contribution in [0, 0.1) is 11.8 Å². The predicted molar refractivity (Wildman–Crippen MR) is 60.9 cm³/mol. The maximum absolute atomic E-state index is 4.76. The Morgan fingerprint density at radius 2 is 2.14 bits per heavy atom. The molecule has 2 rings (SSSR count). The van der Waals surface area contributed by atoms with Crippen LogP contribution in [0.15, 0.2) is 4.99 Å². The third-order valence-electron chi connectivity index (χ3n) is 3.68. The van der Waals surface area contributed by atoms with Crippen molar-refractivity contribution in [3.8, 4) is 0 Å². The van der Waals surface area contributed by atoms with Gasteiger partial charge in [0.15, 0.2) is 0 Å². The van der Waals surface area contributed by atoms with E-state index in [1.165, 1.54) is 32.2 Å². The number of piperidine rings is 1. The summed E-state index contributed by atoms with van der Waals surface area (Å²) < 4.78 is 0. The Bertz CT molecular complexity index is 210. The zero-order chi connectivity index (χ0) is 9.97. The van der Waals surface area contributed by atoms with Crippen molar-refractivity contribution in [2.24, 2.45) is 16.8 Å². The van der Waals surface area contributed by atoms with E-state index < -0.39 is 0 Å². The summed E-state index contributed by atoms with van der Waals surface area (Å²) >= 11 is 0. The van der Waals surface area contributed by atoms with E-state index in [2.05, 4.69) is 25.4 Å². The highest BCUT2D eigenvalue weighted by atomic mass is 15.0. The van der Waals surface area contributed by atoms with E-state index in [9.17, 15) is 0 Å². The van der Waals surface area contributed by atoms with Gasteiger partial charge in [-0.25, -0.2) is 0 Å². The van der Waals surface area contributed by atoms with Gasteiger partial charge >= 0.3 is 0 Å². The van der Waals surface area contributed by atoms with Gasteiger partial charge in [-0.3, -0.25) is 4.99 Å². The molecule has 2 heteroatoms. The van der Waals surface area contributed by atoms with Crippen LogP contribution in [-0.4, -0.2) is 24.8 Å². The smallest absolute Gasteiger partial charge is 0.0649 e. The Morgan fingerprint density at radius 3 is 2.93 bits per heavy atom. The van der Waals surface area contributed by atoms with E-state index in [0.29, 0.717) is 18.0 Å². The first kappa shape index (κ1) is 10.2. The molecule has 0 spiro atoms. The van der Waals surface area contributed by atoms with Gasteiger partial charge in [-0.15, -0.1) is 0 Å². The van der Waals surface area contributed by atoms with Crippen LogP contribution in [-0.2, 0) is 0 Å². The fraction of sp³-hybridized carbons (Fsp3) is 0.917. The molecule has 1 N–H and O–H groups in total. The predicted octanol–water partition coefficient (Wildman–Crippen LogP) is 2.24. The molecular weight excluding hydrogens is 172 g/mol. The van der Waals surface area contributed by atoms with Gasteiger partial charge in [-0.05, 0) is 44.1 Å². The third-order valence-corrected chi connectivity index (χ3v) is 3.68. The first-order valence-corrected chi connectivity index (χ1v) is 6.04. The van der Waals surface area contributed by atoms with Crippen LogP contribution < -0.4 is 5.32 Å². The summed E-state index contributed by atoms with van der Waals surface area (Å²) in [6.45, 7) is 5.81. The van der Waals surface area contributed by atoms with Crippen LogP contribution >= 0.6 is 0 Å². The molecule has 2 nitrogen and oxygen atoms in total. The first-order valence-electron chi connectivity index (χ1n) is 6.04. The number of nitrogens with one attached hydrogen (secondary N) is 1. The van der Waals surface area contributed by atoms with E-state index in [1.807, 2.05) is 0 Å². The highest BCUT2D eigenvalue weighted by Gasteiger charge is 2.27. The lowest BCUT2D eigenvalue weighted by Gasteiger charge is -2.28.